The Kier molecular flexibility index (Phi) is 4.76. The van der Waals surface area contributed by atoms with Crippen LogP contribution in [0.25, 0.3) is 11.1 Å². The Bertz CT molecular complexity index is 609. The van der Waals surface area contributed by atoms with E-state index in [1.165, 1.54) is 11.1 Å². The molecule has 1 N–H and O–H groups in total. The van der Waals surface area contributed by atoms with Crippen molar-refractivity contribution in [2.24, 2.45) is 0 Å². The van der Waals surface area contributed by atoms with E-state index in [2.05, 4.69) is 47.5 Å². The second kappa shape index (κ2) is 6.95. The first-order chi connectivity index (χ1) is 10.8. The Morgan fingerprint density at radius 3 is 2.64 bits per heavy atom. The van der Waals surface area contributed by atoms with E-state index in [0.29, 0.717) is 6.04 Å². The minimum Gasteiger partial charge on any atom is -0.496 e. The van der Waals surface area contributed by atoms with Crippen molar-refractivity contribution < 1.29 is 4.74 Å². The Labute approximate surface area is 132 Å². The van der Waals surface area contributed by atoms with Gasteiger partial charge in [-0.15, -0.1) is 0 Å². The second-order valence-corrected chi connectivity index (χ2v) is 5.99. The van der Waals surface area contributed by atoms with Crippen molar-refractivity contribution in [3.63, 3.8) is 0 Å². The fourth-order valence-corrected chi connectivity index (χ4v) is 3.09. The lowest BCUT2D eigenvalue weighted by Crippen LogP contribution is -2.48. The topological polar surface area (TPSA) is 24.5 Å². The molecule has 1 aliphatic heterocycles. The summed E-state index contributed by atoms with van der Waals surface area (Å²) in [6, 6.07) is 17.6. The highest BCUT2D eigenvalue weighted by molar-refractivity contribution is 5.70. The van der Waals surface area contributed by atoms with E-state index in [4.69, 9.17) is 4.74 Å². The van der Waals surface area contributed by atoms with Crippen molar-refractivity contribution >= 4 is 0 Å². The largest absolute Gasteiger partial charge is 0.496 e. The third-order valence-electron chi connectivity index (χ3n) is 4.23. The monoisotopic (exact) mass is 296 g/mol. The van der Waals surface area contributed by atoms with E-state index in [1.54, 1.807) is 7.11 Å². The Morgan fingerprint density at radius 2 is 1.91 bits per heavy atom. The lowest BCUT2D eigenvalue weighted by atomic mass is 10.0. The molecule has 0 amide bonds. The standard InChI is InChI=1S/C19H24N2O/c1-15-13-21(12-11-20-15)14-16-7-9-17(10-8-16)18-5-3-4-6-19(18)22-2/h3-10,15,20H,11-14H2,1-2H3/t15-/m0/s1. The van der Waals surface area contributed by atoms with E-state index < -0.39 is 0 Å². The van der Waals surface area contributed by atoms with Crippen LogP contribution >= 0.6 is 0 Å². The van der Waals surface area contributed by atoms with Crippen LogP contribution in [-0.2, 0) is 6.54 Å². The van der Waals surface area contributed by atoms with E-state index in [0.717, 1.165) is 37.5 Å². The number of nitrogens with one attached hydrogen (secondary N) is 1. The van der Waals surface area contributed by atoms with Gasteiger partial charge in [-0.2, -0.15) is 0 Å². The maximum atomic E-state index is 5.45. The molecule has 0 radical (unpaired) electrons. The maximum absolute atomic E-state index is 5.45. The van der Waals surface area contributed by atoms with Crippen LogP contribution in [0.4, 0.5) is 0 Å². The summed E-state index contributed by atoms with van der Waals surface area (Å²) in [5.41, 5.74) is 3.72. The van der Waals surface area contributed by atoms with Gasteiger partial charge in [0.25, 0.3) is 0 Å². The molecule has 1 aliphatic rings. The van der Waals surface area contributed by atoms with Crippen molar-refractivity contribution in [3.05, 3.63) is 54.1 Å². The van der Waals surface area contributed by atoms with Crippen molar-refractivity contribution in [3.8, 4) is 16.9 Å². The summed E-state index contributed by atoms with van der Waals surface area (Å²) in [4.78, 5) is 2.51. The van der Waals surface area contributed by atoms with Gasteiger partial charge in [0.05, 0.1) is 7.11 Å². The molecule has 1 fully saturated rings. The molecule has 0 aliphatic carbocycles. The van der Waals surface area contributed by atoms with Gasteiger partial charge in [-0.1, -0.05) is 42.5 Å². The molecular weight excluding hydrogens is 272 g/mol. The minimum atomic E-state index is 0.585. The predicted molar refractivity (Wildman–Crippen MR) is 91.2 cm³/mol. The molecule has 3 nitrogen and oxygen atoms in total. The number of piperazine rings is 1. The average Bonchev–Trinajstić information content (AvgIpc) is 2.56. The summed E-state index contributed by atoms with van der Waals surface area (Å²) in [5.74, 6) is 0.922. The molecule has 3 heteroatoms. The fourth-order valence-electron chi connectivity index (χ4n) is 3.09. The molecule has 1 heterocycles. The molecule has 2 aromatic carbocycles. The van der Waals surface area contributed by atoms with Crippen LogP contribution in [0.2, 0.25) is 0 Å². The number of benzene rings is 2. The summed E-state index contributed by atoms with van der Waals surface area (Å²) < 4.78 is 5.45. The first kappa shape index (κ1) is 15.1. The van der Waals surface area contributed by atoms with Crippen LogP contribution in [0.5, 0.6) is 5.75 Å². The zero-order chi connectivity index (χ0) is 15.4. The molecule has 0 unspecified atom stereocenters. The van der Waals surface area contributed by atoms with Crippen LogP contribution in [0.3, 0.4) is 0 Å². The highest BCUT2D eigenvalue weighted by Crippen LogP contribution is 2.29. The van der Waals surface area contributed by atoms with Crippen LogP contribution < -0.4 is 10.1 Å². The molecule has 2 aromatic rings. The molecule has 116 valence electrons. The maximum Gasteiger partial charge on any atom is 0.126 e. The number of hydrogen-bond acceptors (Lipinski definition) is 3. The second-order valence-electron chi connectivity index (χ2n) is 5.99. The van der Waals surface area contributed by atoms with Crippen LogP contribution in [-0.4, -0.2) is 37.7 Å². The lowest BCUT2D eigenvalue weighted by Gasteiger charge is -2.31. The molecular formula is C19H24N2O. The summed E-state index contributed by atoms with van der Waals surface area (Å²) in [5, 5.41) is 3.49. The zero-order valence-corrected chi connectivity index (χ0v) is 13.4. The van der Waals surface area contributed by atoms with Crippen LogP contribution in [0, 0.1) is 0 Å². The first-order valence-electron chi connectivity index (χ1n) is 7.94. The molecule has 3 rings (SSSR count). The van der Waals surface area contributed by atoms with Crippen molar-refractivity contribution in [2.45, 2.75) is 19.5 Å². The summed E-state index contributed by atoms with van der Waals surface area (Å²) in [6.07, 6.45) is 0. The van der Waals surface area contributed by atoms with E-state index in [-0.39, 0.29) is 0 Å². The third-order valence-corrected chi connectivity index (χ3v) is 4.23. The quantitative estimate of drug-likeness (QED) is 0.938. The Hall–Kier alpha value is -1.84. The van der Waals surface area contributed by atoms with Gasteiger partial charge in [0.15, 0.2) is 0 Å². The highest BCUT2D eigenvalue weighted by atomic mass is 16.5. The van der Waals surface area contributed by atoms with E-state index in [9.17, 15) is 0 Å². The molecule has 22 heavy (non-hydrogen) atoms. The molecule has 1 saturated heterocycles. The Morgan fingerprint density at radius 1 is 1.14 bits per heavy atom. The van der Waals surface area contributed by atoms with Crippen molar-refractivity contribution in [1.29, 1.82) is 0 Å². The molecule has 1 atom stereocenters. The zero-order valence-electron chi connectivity index (χ0n) is 13.4. The third kappa shape index (κ3) is 3.49. The first-order valence-corrected chi connectivity index (χ1v) is 7.94. The number of nitrogens with zero attached hydrogens (tertiary/aromatic N) is 1. The minimum absolute atomic E-state index is 0.585. The van der Waals surface area contributed by atoms with Gasteiger partial charge >= 0.3 is 0 Å². The van der Waals surface area contributed by atoms with Crippen LogP contribution in [0.1, 0.15) is 12.5 Å². The summed E-state index contributed by atoms with van der Waals surface area (Å²) >= 11 is 0. The van der Waals surface area contributed by atoms with Crippen LogP contribution in [0.15, 0.2) is 48.5 Å². The number of rotatable bonds is 4. The lowest BCUT2D eigenvalue weighted by molar-refractivity contribution is 0.199. The average molecular weight is 296 g/mol. The van der Waals surface area contributed by atoms with Gasteiger partial charge in [-0.05, 0) is 24.1 Å². The molecule has 0 spiro atoms. The Balaban J connectivity index is 1.72. The molecule has 0 aromatic heterocycles. The van der Waals surface area contributed by atoms with Gasteiger partial charge in [-0.25, -0.2) is 0 Å². The fraction of sp³-hybridized carbons (Fsp3) is 0.368. The summed E-state index contributed by atoms with van der Waals surface area (Å²) in [6.45, 7) is 6.60. The smallest absolute Gasteiger partial charge is 0.126 e. The van der Waals surface area contributed by atoms with Gasteiger partial charge in [-0.3, -0.25) is 4.90 Å². The van der Waals surface area contributed by atoms with E-state index in [1.807, 2.05) is 18.2 Å². The predicted octanol–water partition coefficient (Wildman–Crippen LogP) is 3.16. The molecule has 0 saturated carbocycles. The number of hydrogen-bond donors (Lipinski definition) is 1. The van der Waals surface area contributed by atoms with Crippen molar-refractivity contribution in [1.82, 2.24) is 10.2 Å². The molecule has 0 bridgehead atoms. The normalized spacial score (nSPS) is 19.1. The highest BCUT2D eigenvalue weighted by Gasteiger charge is 2.15. The number of ether oxygens (including phenoxy) is 1. The number of methoxy groups -OCH3 is 1. The number of para-hydroxylation sites is 1. The van der Waals surface area contributed by atoms with Gasteiger partial charge in [0, 0.05) is 37.8 Å². The van der Waals surface area contributed by atoms with Crippen molar-refractivity contribution in [2.75, 3.05) is 26.7 Å². The van der Waals surface area contributed by atoms with Gasteiger partial charge < -0.3 is 10.1 Å². The van der Waals surface area contributed by atoms with E-state index >= 15 is 0 Å². The van der Waals surface area contributed by atoms with Gasteiger partial charge in [0.2, 0.25) is 0 Å². The SMILES string of the molecule is COc1ccccc1-c1ccc(CN2CCN[C@@H](C)C2)cc1. The summed E-state index contributed by atoms with van der Waals surface area (Å²) in [7, 11) is 1.72. The van der Waals surface area contributed by atoms with Gasteiger partial charge in [0.1, 0.15) is 5.75 Å².